The Labute approximate surface area is 115 Å². The molecular weight excluding hydrogens is 262 g/mol. The number of carbonyl (C=O) groups is 1. The molecule has 1 aromatic heterocycles. The Kier molecular flexibility index (Phi) is 2.94. The fraction of sp³-hybridized carbons (Fsp3) is 0.308. The van der Waals surface area contributed by atoms with Crippen molar-refractivity contribution in [1.82, 2.24) is 8.75 Å². The molecule has 1 aliphatic heterocycles. The molecule has 2 heterocycles. The summed E-state index contributed by atoms with van der Waals surface area (Å²) in [5.74, 6) is 0.615. The molecule has 0 fully saturated rings. The maximum absolute atomic E-state index is 12.4. The summed E-state index contributed by atoms with van der Waals surface area (Å²) < 4.78 is 13.7. The Morgan fingerprint density at radius 3 is 3.11 bits per heavy atom. The van der Waals surface area contributed by atoms with Crippen LogP contribution in [0.2, 0.25) is 0 Å². The highest BCUT2D eigenvalue weighted by Gasteiger charge is 2.29. The van der Waals surface area contributed by atoms with E-state index in [2.05, 4.69) is 8.75 Å². The molecule has 0 spiro atoms. The van der Waals surface area contributed by atoms with Crippen molar-refractivity contribution in [3.8, 4) is 5.75 Å². The van der Waals surface area contributed by atoms with Crippen molar-refractivity contribution < 1.29 is 9.53 Å². The average molecular weight is 275 g/mol. The van der Waals surface area contributed by atoms with E-state index in [1.165, 1.54) is 6.20 Å². The van der Waals surface area contributed by atoms with Crippen molar-refractivity contribution in [2.45, 2.75) is 20.0 Å². The Hall–Kier alpha value is -1.95. The number of amides is 1. The molecule has 1 amide bonds. The van der Waals surface area contributed by atoms with Crippen LogP contribution in [0.25, 0.3) is 0 Å². The van der Waals surface area contributed by atoms with Crippen molar-refractivity contribution in [2.24, 2.45) is 0 Å². The molecule has 0 saturated carbocycles. The molecule has 0 saturated heterocycles. The van der Waals surface area contributed by atoms with Crippen LogP contribution in [0.15, 0.2) is 24.4 Å². The van der Waals surface area contributed by atoms with E-state index in [4.69, 9.17) is 4.74 Å². The number of aryl methyl sites for hydroxylation is 1. The normalized spacial score (nSPS) is 17.8. The smallest absolute Gasteiger partial charge is 0.279 e. The predicted molar refractivity (Wildman–Crippen MR) is 72.9 cm³/mol. The van der Waals surface area contributed by atoms with E-state index >= 15 is 0 Å². The fourth-order valence-corrected chi connectivity index (χ4v) is 2.54. The summed E-state index contributed by atoms with van der Waals surface area (Å²) >= 11 is 1.04. The van der Waals surface area contributed by atoms with Gasteiger partial charge in [-0.15, -0.1) is 0 Å². The molecule has 0 N–H and O–H groups in total. The summed E-state index contributed by atoms with van der Waals surface area (Å²) in [7, 11) is 0. The Morgan fingerprint density at radius 2 is 2.37 bits per heavy atom. The van der Waals surface area contributed by atoms with Gasteiger partial charge in [-0.05, 0) is 31.5 Å². The van der Waals surface area contributed by atoms with E-state index in [0.29, 0.717) is 12.2 Å². The van der Waals surface area contributed by atoms with Crippen molar-refractivity contribution in [3.63, 3.8) is 0 Å². The second-order valence-electron chi connectivity index (χ2n) is 4.61. The minimum absolute atomic E-state index is 0.0372. The standard InChI is InChI=1S/C13H13N3O2S/c1-8-3-4-11-12(5-8)18-9(2)7-16(11)13(17)10-6-14-19-15-10/h3-6,9H,7H2,1-2H3/t9-/m0/s1. The summed E-state index contributed by atoms with van der Waals surface area (Å²) in [5.41, 5.74) is 2.28. The minimum Gasteiger partial charge on any atom is -0.487 e. The van der Waals surface area contributed by atoms with Crippen molar-refractivity contribution in [1.29, 1.82) is 0 Å². The molecule has 0 aliphatic carbocycles. The first-order valence-corrected chi connectivity index (χ1v) is 6.75. The van der Waals surface area contributed by atoms with Crippen LogP contribution < -0.4 is 9.64 Å². The van der Waals surface area contributed by atoms with E-state index in [0.717, 1.165) is 28.7 Å². The van der Waals surface area contributed by atoms with Gasteiger partial charge in [0.05, 0.1) is 30.2 Å². The van der Waals surface area contributed by atoms with Crippen molar-refractivity contribution in [2.75, 3.05) is 11.4 Å². The topological polar surface area (TPSA) is 55.3 Å². The number of nitrogens with zero attached hydrogens (tertiary/aromatic N) is 3. The van der Waals surface area contributed by atoms with Crippen LogP contribution in [-0.2, 0) is 0 Å². The SMILES string of the molecule is Cc1ccc2c(c1)O[C@@H](C)CN2C(=O)c1cnsn1. The minimum atomic E-state index is -0.131. The van der Waals surface area contributed by atoms with Gasteiger partial charge in [0.25, 0.3) is 5.91 Å². The molecule has 2 aromatic rings. The molecular formula is C13H13N3O2S. The molecule has 98 valence electrons. The van der Waals surface area contributed by atoms with Crippen LogP contribution in [0, 0.1) is 6.92 Å². The number of ether oxygens (including phenoxy) is 1. The summed E-state index contributed by atoms with van der Waals surface area (Å²) in [5, 5.41) is 0. The lowest BCUT2D eigenvalue weighted by atomic mass is 10.1. The number of fused-ring (bicyclic) bond motifs is 1. The van der Waals surface area contributed by atoms with Crippen LogP contribution in [-0.4, -0.2) is 27.3 Å². The summed E-state index contributed by atoms with van der Waals surface area (Å²) in [4.78, 5) is 14.1. The molecule has 0 unspecified atom stereocenters. The number of aromatic nitrogens is 2. The van der Waals surface area contributed by atoms with Crippen LogP contribution >= 0.6 is 11.7 Å². The van der Waals surface area contributed by atoms with E-state index in [1.807, 2.05) is 32.0 Å². The van der Waals surface area contributed by atoms with Gasteiger partial charge in [0, 0.05) is 0 Å². The maximum Gasteiger partial charge on any atom is 0.279 e. The lowest BCUT2D eigenvalue weighted by Gasteiger charge is -2.33. The zero-order valence-electron chi connectivity index (χ0n) is 10.7. The van der Waals surface area contributed by atoms with Crippen LogP contribution in [0.4, 0.5) is 5.69 Å². The first-order chi connectivity index (χ1) is 9.15. The second kappa shape index (κ2) is 4.62. The highest BCUT2D eigenvalue weighted by Crippen LogP contribution is 2.34. The van der Waals surface area contributed by atoms with E-state index < -0.39 is 0 Å². The third-order valence-electron chi connectivity index (χ3n) is 3.00. The lowest BCUT2D eigenvalue weighted by molar-refractivity contribution is 0.0957. The summed E-state index contributed by atoms with van der Waals surface area (Å²) in [6, 6.07) is 5.83. The number of hydrogen-bond donors (Lipinski definition) is 0. The number of carbonyl (C=O) groups excluding carboxylic acids is 1. The Bertz CT molecular complexity index is 612. The first-order valence-electron chi connectivity index (χ1n) is 6.02. The van der Waals surface area contributed by atoms with Gasteiger partial charge in [-0.25, -0.2) is 0 Å². The fourth-order valence-electron chi connectivity index (χ4n) is 2.14. The summed E-state index contributed by atoms with van der Waals surface area (Å²) in [6.45, 7) is 4.47. The third kappa shape index (κ3) is 2.19. The van der Waals surface area contributed by atoms with E-state index in [-0.39, 0.29) is 12.0 Å². The van der Waals surface area contributed by atoms with Crippen LogP contribution in [0.5, 0.6) is 5.75 Å². The van der Waals surface area contributed by atoms with Gasteiger partial charge in [0.2, 0.25) is 0 Å². The zero-order valence-corrected chi connectivity index (χ0v) is 11.5. The molecule has 0 radical (unpaired) electrons. The molecule has 1 aliphatic rings. The van der Waals surface area contributed by atoms with Gasteiger partial charge in [0.1, 0.15) is 11.9 Å². The molecule has 3 rings (SSSR count). The molecule has 1 atom stereocenters. The average Bonchev–Trinajstić information content (AvgIpc) is 2.90. The number of benzene rings is 1. The van der Waals surface area contributed by atoms with E-state index in [1.54, 1.807) is 4.90 Å². The van der Waals surface area contributed by atoms with Crippen molar-refractivity contribution >= 4 is 23.3 Å². The molecule has 1 aromatic carbocycles. The Morgan fingerprint density at radius 1 is 1.53 bits per heavy atom. The molecule has 0 bridgehead atoms. The number of hydrogen-bond acceptors (Lipinski definition) is 5. The van der Waals surface area contributed by atoms with Crippen LogP contribution in [0.1, 0.15) is 23.0 Å². The van der Waals surface area contributed by atoms with Gasteiger partial charge >= 0.3 is 0 Å². The highest BCUT2D eigenvalue weighted by atomic mass is 32.1. The monoisotopic (exact) mass is 275 g/mol. The van der Waals surface area contributed by atoms with Gasteiger partial charge in [-0.1, -0.05) is 6.07 Å². The Balaban J connectivity index is 2.01. The van der Waals surface area contributed by atoms with Gasteiger partial charge < -0.3 is 4.74 Å². The lowest BCUT2D eigenvalue weighted by Crippen LogP contribution is -2.42. The second-order valence-corrected chi connectivity index (χ2v) is 5.16. The molecule has 19 heavy (non-hydrogen) atoms. The van der Waals surface area contributed by atoms with Gasteiger partial charge in [-0.2, -0.15) is 8.75 Å². The predicted octanol–water partition coefficient (Wildman–Crippen LogP) is 2.27. The quantitative estimate of drug-likeness (QED) is 0.801. The summed E-state index contributed by atoms with van der Waals surface area (Å²) in [6.07, 6.45) is 1.46. The molecule has 6 heteroatoms. The van der Waals surface area contributed by atoms with Gasteiger partial charge in [-0.3, -0.25) is 9.69 Å². The number of rotatable bonds is 1. The third-order valence-corrected chi connectivity index (χ3v) is 3.48. The zero-order chi connectivity index (χ0) is 13.4. The highest BCUT2D eigenvalue weighted by molar-refractivity contribution is 6.99. The van der Waals surface area contributed by atoms with Crippen molar-refractivity contribution in [3.05, 3.63) is 35.7 Å². The van der Waals surface area contributed by atoms with Gasteiger partial charge in [0.15, 0.2) is 5.69 Å². The van der Waals surface area contributed by atoms with E-state index in [9.17, 15) is 4.79 Å². The largest absolute Gasteiger partial charge is 0.487 e. The van der Waals surface area contributed by atoms with Crippen LogP contribution in [0.3, 0.4) is 0 Å². The first kappa shape index (κ1) is 12.1. The molecule has 5 nitrogen and oxygen atoms in total. The number of anilines is 1. The maximum atomic E-state index is 12.4.